The van der Waals surface area contributed by atoms with E-state index in [1.807, 2.05) is 13.0 Å². The minimum absolute atomic E-state index is 0.0337. The molecule has 0 bridgehead atoms. The van der Waals surface area contributed by atoms with Crippen molar-refractivity contribution in [3.8, 4) is 11.5 Å². The fraction of sp³-hybridized carbons (Fsp3) is 0.500. The Hall–Kier alpha value is -2.73. The summed E-state index contributed by atoms with van der Waals surface area (Å²) in [6, 6.07) is 9.87. The summed E-state index contributed by atoms with van der Waals surface area (Å²) in [5.41, 5.74) is 1.04. The molecule has 2 heterocycles. The number of fused-ring (bicyclic) bond motifs is 1. The van der Waals surface area contributed by atoms with Gasteiger partial charge in [0, 0.05) is 31.2 Å². The van der Waals surface area contributed by atoms with Crippen LogP contribution in [0.15, 0.2) is 41.3 Å². The molecule has 1 amide bonds. The molecule has 11 heteroatoms. The van der Waals surface area contributed by atoms with Crippen molar-refractivity contribution in [3.05, 3.63) is 42.0 Å². The van der Waals surface area contributed by atoms with E-state index in [1.54, 1.807) is 41.6 Å². The number of likely N-dealkylation sites (N-methyl/N-ethyl adjacent to an activating group) is 1. The highest BCUT2D eigenvalue weighted by atomic mass is 32.2. The van der Waals surface area contributed by atoms with Crippen LogP contribution in [-0.4, -0.2) is 81.5 Å². The predicted octanol–water partition coefficient (Wildman–Crippen LogP) is 4.87. The van der Waals surface area contributed by atoms with Gasteiger partial charge in [-0.2, -0.15) is 4.31 Å². The van der Waals surface area contributed by atoms with Gasteiger partial charge in [0.25, 0.3) is 5.91 Å². The molecule has 1 saturated heterocycles. The van der Waals surface area contributed by atoms with Gasteiger partial charge in [-0.15, -0.1) is 0 Å². The lowest BCUT2D eigenvalue weighted by molar-refractivity contribution is 0.0983. The Kier molecular flexibility index (Phi) is 9.47. The van der Waals surface area contributed by atoms with Gasteiger partial charge in [-0.3, -0.25) is 9.69 Å². The number of amides is 1. The number of ether oxygens (including phenoxy) is 2. The molecule has 0 aliphatic carbocycles. The first kappa shape index (κ1) is 29.3. The van der Waals surface area contributed by atoms with Gasteiger partial charge in [-0.25, -0.2) is 13.4 Å². The maximum Gasteiger partial charge on any atom is 0.260 e. The molecule has 0 unspecified atom stereocenters. The number of carbonyl (C=O) groups excluding carboxylic acids is 1. The molecule has 2 aromatic carbocycles. The van der Waals surface area contributed by atoms with Gasteiger partial charge < -0.3 is 14.4 Å². The Balaban J connectivity index is 1.68. The second kappa shape index (κ2) is 12.6. The second-order valence-electron chi connectivity index (χ2n) is 9.61. The van der Waals surface area contributed by atoms with Gasteiger partial charge in [0.2, 0.25) is 10.0 Å². The van der Waals surface area contributed by atoms with Crippen molar-refractivity contribution in [2.24, 2.45) is 0 Å². The van der Waals surface area contributed by atoms with Crippen molar-refractivity contribution in [1.29, 1.82) is 0 Å². The van der Waals surface area contributed by atoms with Gasteiger partial charge in [-0.05, 0) is 69.3 Å². The van der Waals surface area contributed by atoms with Crippen molar-refractivity contribution in [2.75, 3.05) is 51.8 Å². The largest absolute Gasteiger partial charge is 0.495 e. The third-order valence-electron chi connectivity index (χ3n) is 7.36. The quantitative estimate of drug-likeness (QED) is 0.323. The molecule has 1 aromatic heterocycles. The average molecular weight is 575 g/mol. The van der Waals surface area contributed by atoms with Gasteiger partial charge in [0.05, 0.1) is 19.1 Å². The van der Waals surface area contributed by atoms with Crippen molar-refractivity contribution >= 4 is 42.6 Å². The predicted molar refractivity (Wildman–Crippen MR) is 156 cm³/mol. The standard InChI is InChI=1S/C28H38N4O5S2/c1-6-30(7-2)18-19-31(28-29-25-23(36-4)15-16-24(37-5)26(25)38-28)27(33)21-11-13-22(14-12-21)39(34,35)32-17-9-8-10-20(32)3/h11-16,20H,6-10,17-19H2,1-5H3/t20-/m0/s1. The molecule has 9 nitrogen and oxygen atoms in total. The number of carbonyl (C=O) groups is 1. The Morgan fingerprint density at radius 2 is 1.69 bits per heavy atom. The Bertz CT molecular complexity index is 1350. The fourth-order valence-corrected chi connectivity index (χ4v) is 7.74. The summed E-state index contributed by atoms with van der Waals surface area (Å²) in [5.74, 6) is 1.02. The number of hydrogen-bond donors (Lipinski definition) is 0. The van der Waals surface area contributed by atoms with Crippen LogP contribution in [0.4, 0.5) is 5.13 Å². The third-order valence-corrected chi connectivity index (χ3v) is 10.5. The molecule has 1 aliphatic heterocycles. The molecule has 0 radical (unpaired) electrons. The normalized spacial score (nSPS) is 16.5. The number of aromatic nitrogens is 1. The zero-order chi connectivity index (χ0) is 28.2. The zero-order valence-electron chi connectivity index (χ0n) is 23.3. The van der Waals surface area contributed by atoms with E-state index in [1.165, 1.54) is 23.5 Å². The van der Waals surface area contributed by atoms with Crippen molar-refractivity contribution < 1.29 is 22.7 Å². The molecule has 4 rings (SSSR count). The lowest BCUT2D eigenvalue weighted by atomic mass is 10.1. The Morgan fingerprint density at radius 3 is 2.31 bits per heavy atom. The van der Waals surface area contributed by atoms with E-state index < -0.39 is 10.0 Å². The Morgan fingerprint density at radius 1 is 1.03 bits per heavy atom. The van der Waals surface area contributed by atoms with E-state index in [0.717, 1.165) is 37.1 Å². The van der Waals surface area contributed by atoms with Crippen LogP contribution in [0.25, 0.3) is 10.2 Å². The molecule has 0 N–H and O–H groups in total. The number of benzene rings is 2. The Labute approximate surface area is 235 Å². The third kappa shape index (κ3) is 6.06. The molecular formula is C28H38N4O5S2. The molecule has 0 saturated carbocycles. The van der Waals surface area contributed by atoms with Crippen LogP contribution >= 0.6 is 11.3 Å². The maximum atomic E-state index is 13.9. The SMILES string of the molecule is CCN(CC)CCN(C(=O)c1ccc(S(=O)(=O)N2CCCC[C@@H]2C)cc1)c1nc2c(OC)ccc(OC)c2s1. The van der Waals surface area contributed by atoms with Crippen molar-refractivity contribution in [1.82, 2.24) is 14.2 Å². The first-order valence-corrected chi connectivity index (χ1v) is 15.7. The summed E-state index contributed by atoms with van der Waals surface area (Å²) >= 11 is 1.37. The molecule has 1 fully saturated rings. The van der Waals surface area contributed by atoms with E-state index in [9.17, 15) is 13.2 Å². The number of piperidine rings is 1. The van der Waals surface area contributed by atoms with Gasteiger partial charge in [-0.1, -0.05) is 31.6 Å². The lowest BCUT2D eigenvalue weighted by Crippen LogP contribution is -2.42. The van der Waals surface area contributed by atoms with E-state index in [2.05, 4.69) is 18.7 Å². The number of sulfonamides is 1. The minimum atomic E-state index is -3.62. The van der Waals surface area contributed by atoms with Crippen LogP contribution in [0.3, 0.4) is 0 Å². The summed E-state index contributed by atoms with van der Waals surface area (Å²) in [7, 11) is -0.435. The summed E-state index contributed by atoms with van der Waals surface area (Å²) < 4.78 is 40.0. The molecular weight excluding hydrogens is 536 g/mol. The summed E-state index contributed by atoms with van der Waals surface area (Å²) in [5, 5.41) is 0.531. The van der Waals surface area contributed by atoms with Crippen molar-refractivity contribution in [2.45, 2.75) is 51.0 Å². The van der Waals surface area contributed by atoms with Gasteiger partial charge in [0.1, 0.15) is 21.7 Å². The second-order valence-corrected chi connectivity index (χ2v) is 12.5. The van der Waals surface area contributed by atoms with Crippen LogP contribution in [0.1, 0.15) is 50.4 Å². The van der Waals surface area contributed by atoms with E-state index in [4.69, 9.17) is 14.5 Å². The van der Waals surface area contributed by atoms with Crippen LogP contribution in [0.5, 0.6) is 11.5 Å². The molecule has 212 valence electrons. The van der Waals surface area contributed by atoms with Gasteiger partial charge >= 0.3 is 0 Å². The highest BCUT2D eigenvalue weighted by molar-refractivity contribution is 7.89. The molecule has 39 heavy (non-hydrogen) atoms. The monoisotopic (exact) mass is 574 g/mol. The maximum absolute atomic E-state index is 13.9. The van der Waals surface area contributed by atoms with E-state index >= 15 is 0 Å². The topological polar surface area (TPSA) is 92.3 Å². The number of rotatable bonds is 11. The minimum Gasteiger partial charge on any atom is -0.495 e. The smallest absolute Gasteiger partial charge is 0.260 e. The first-order valence-electron chi connectivity index (χ1n) is 13.4. The van der Waals surface area contributed by atoms with Crippen LogP contribution in [0, 0.1) is 0 Å². The number of hydrogen-bond acceptors (Lipinski definition) is 8. The molecule has 0 spiro atoms. The highest BCUT2D eigenvalue weighted by Gasteiger charge is 2.31. The van der Waals surface area contributed by atoms with E-state index in [-0.39, 0.29) is 16.8 Å². The summed E-state index contributed by atoms with van der Waals surface area (Å²) in [4.78, 5) is 22.8. The summed E-state index contributed by atoms with van der Waals surface area (Å²) in [6.45, 7) is 9.47. The fourth-order valence-electron chi connectivity index (χ4n) is 4.94. The number of thiazole rings is 1. The zero-order valence-corrected chi connectivity index (χ0v) is 25.0. The average Bonchev–Trinajstić information content (AvgIpc) is 3.40. The number of anilines is 1. The lowest BCUT2D eigenvalue weighted by Gasteiger charge is -2.32. The molecule has 1 aliphatic rings. The first-order chi connectivity index (χ1) is 18.7. The van der Waals surface area contributed by atoms with Crippen molar-refractivity contribution in [3.63, 3.8) is 0 Å². The number of nitrogens with zero attached hydrogens (tertiary/aromatic N) is 4. The number of methoxy groups -OCH3 is 2. The highest BCUT2D eigenvalue weighted by Crippen LogP contribution is 2.40. The van der Waals surface area contributed by atoms with Crippen LogP contribution in [-0.2, 0) is 10.0 Å². The summed E-state index contributed by atoms with van der Waals surface area (Å²) in [6.07, 6.45) is 2.75. The molecule has 3 aromatic rings. The van der Waals surface area contributed by atoms with E-state index in [0.29, 0.717) is 47.3 Å². The van der Waals surface area contributed by atoms with Crippen LogP contribution < -0.4 is 14.4 Å². The van der Waals surface area contributed by atoms with Gasteiger partial charge in [0.15, 0.2) is 5.13 Å². The molecule has 1 atom stereocenters. The van der Waals surface area contributed by atoms with Crippen LogP contribution in [0.2, 0.25) is 0 Å².